The molecule has 0 saturated heterocycles. The molecule has 0 radical (unpaired) electrons. The Balaban J connectivity index is 2.13. The van der Waals surface area contributed by atoms with Crippen LogP contribution in [0.1, 0.15) is 64.7 Å². The predicted molar refractivity (Wildman–Crippen MR) is 62.9 cm³/mol. The molecule has 1 saturated carbocycles. The summed E-state index contributed by atoms with van der Waals surface area (Å²) in [5.41, 5.74) is 0. The molecular formula is C13H26O2. The van der Waals surface area contributed by atoms with Gasteiger partial charge in [-0.05, 0) is 19.8 Å². The topological polar surface area (TPSA) is 18.5 Å². The fourth-order valence-corrected chi connectivity index (χ4v) is 2.17. The Labute approximate surface area is 94.3 Å². The highest BCUT2D eigenvalue weighted by molar-refractivity contribution is 4.61. The van der Waals surface area contributed by atoms with Crippen LogP contribution in [0.4, 0.5) is 0 Å². The van der Waals surface area contributed by atoms with Gasteiger partial charge in [0.1, 0.15) is 6.79 Å². The zero-order valence-corrected chi connectivity index (χ0v) is 10.2. The van der Waals surface area contributed by atoms with E-state index in [4.69, 9.17) is 9.47 Å². The molecule has 1 aliphatic carbocycles. The van der Waals surface area contributed by atoms with E-state index < -0.39 is 0 Å². The second kappa shape index (κ2) is 9.17. The molecule has 0 aromatic carbocycles. The summed E-state index contributed by atoms with van der Waals surface area (Å²) in [7, 11) is 0. The van der Waals surface area contributed by atoms with Crippen molar-refractivity contribution in [3.8, 4) is 0 Å². The van der Waals surface area contributed by atoms with Crippen LogP contribution in [0.15, 0.2) is 0 Å². The molecule has 1 rings (SSSR count). The van der Waals surface area contributed by atoms with E-state index in [1.54, 1.807) is 0 Å². The number of hydrogen-bond donors (Lipinski definition) is 0. The van der Waals surface area contributed by atoms with Crippen molar-refractivity contribution in [2.75, 3.05) is 13.4 Å². The number of rotatable bonds is 4. The molecule has 2 heteroatoms. The van der Waals surface area contributed by atoms with Crippen molar-refractivity contribution in [3.63, 3.8) is 0 Å². The average Bonchev–Trinajstić information content (AvgIpc) is 2.27. The van der Waals surface area contributed by atoms with E-state index in [1.165, 1.54) is 57.8 Å². The molecule has 2 nitrogen and oxygen atoms in total. The fraction of sp³-hybridized carbons (Fsp3) is 1.00. The normalized spacial score (nSPS) is 21.4. The fourth-order valence-electron chi connectivity index (χ4n) is 2.17. The van der Waals surface area contributed by atoms with Crippen molar-refractivity contribution < 1.29 is 9.47 Å². The third-order valence-electron chi connectivity index (χ3n) is 3.14. The zero-order chi connectivity index (χ0) is 10.8. The molecule has 1 fully saturated rings. The molecule has 15 heavy (non-hydrogen) atoms. The molecule has 0 heterocycles. The molecule has 0 aromatic heterocycles. The predicted octanol–water partition coefficient (Wildman–Crippen LogP) is 3.89. The lowest BCUT2D eigenvalue weighted by Crippen LogP contribution is -2.15. The zero-order valence-electron chi connectivity index (χ0n) is 10.2. The van der Waals surface area contributed by atoms with Crippen molar-refractivity contribution in [3.05, 3.63) is 0 Å². The van der Waals surface area contributed by atoms with Crippen LogP contribution in [0.5, 0.6) is 0 Å². The van der Waals surface area contributed by atoms with Gasteiger partial charge >= 0.3 is 0 Å². The van der Waals surface area contributed by atoms with E-state index in [0.29, 0.717) is 12.9 Å². The van der Waals surface area contributed by atoms with Crippen molar-refractivity contribution in [1.29, 1.82) is 0 Å². The molecule has 1 aliphatic rings. The quantitative estimate of drug-likeness (QED) is 0.522. The van der Waals surface area contributed by atoms with Gasteiger partial charge in [0.25, 0.3) is 0 Å². The molecular weight excluding hydrogens is 188 g/mol. The van der Waals surface area contributed by atoms with Gasteiger partial charge in [0.15, 0.2) is 0 Å². The minimum absolute atomic E-state index is 0.453. The van der Waals surface area contributed by atoms with Gasteiger partial charge < -0.3 is 9.47 Å². The highest BCUT2D eigenvalue weighted by Crippen LogP contribution is 2.18. The molecule has 0 atom stereocenters. The van der Waals surface area contributed by atoms with Crippen LogP contribution in [0.3, 0.4) is 0 Å². The summed E-state index contributed by atoms with van der Waals surface area (Å²) in [6, 6.07) is 0. The molecule has 90 valence electrons. The summed E-state index contributed by atoms with van der Waals surface area (Å²) in [6.07, 6.45) is 12.6. The van der Waals surface area contributed by atoms with Crippen molar-refractivity contribution in [2.24, 2.45) is 0 Å². The van der Waals surface area contributed by atoms with Gasteiger partial charge in [-0.25, -0.2) is 0 Å². The van der Waals surface area contributed by atoms with Crippen LogP contribution >= 0.6 is 0 Å². The summed E-state index contributed by atoms with van der Waals surface area (Å²) in [4.78, 5) is 0. The van der Waals surface area contributed by atoms with Gasteiger partial charge in [0, 0.05) is 6.61 Å². The van der Waals surface area contributed by atoms with Crippen LogP contribution in [-0.4, -0.2) is 19.5 Å². The molecule has 0 unspecified atom stereocenters. The first-order valence-corrected chi connectivity index (χ1v) is 6.63. The standard InChI is InChI=1S/C13H26O2/c1-2-14-12-15-13-10-8-6-4-3-5-7-9-11-13/h13H,2-12H2,1H3. The summed E-state index contributed by atoms with van der Waals surface area (Å²) >= 11 is 0. The van der Waals surface area contributed by atoms with Crippen LogP contribution in [0.25, 0.3) is 0 Å². The van der Waals surface area contributed by atoms with Gasteiger partial charge in [-0.1, -0.05) is 44.9 Å². The minimum Gasteiger partial charge on any atom is -0.356 e. The minimum atomic E-state index is 0.453. The van der Waals surface area contributed by atoms with E-state index in [1.807, 2.05) is 6.92 Å². The highest BCUT2D eigenvalue weighted by atomic mass is 16.7. The molecule has 0 amide bonds. The Hall–Kier alpha value is -0.0800. The summed E-state index contributed by atoms with van der Waals surface area (Å²) in [5.74, 6) is 0. The van der Waals surface area contributed by atoms with Crippen molar-refractivity contribution in [2.45, 2.75) is 70.8 Å². The number of ether oxygens (including phenoxy) is 2. The largest absolute Gasteiger partial charge is 0.356 e. The van der Waals surface area contributed by atoms with E-state index in [-0.39, 0.29) is 0 Å². The van der Waals surface area contributed by atoms with E-state index >= 15 is 0 Å². The Bertz CT molecular complexity index is 124. The first-order valence-electron chi connectivity index (χ1n) is 6.63. The van der Waals surface area contributed by atoms with Gasteiger partial charge in [0.2, 0.25) is 0 Å². The van der Waals surface area contributed by atoms with Crippen LogP contribution < -0.4 is 0 Å². The van der Waals surface area contributed by atoms with Crippen LogP contribution in [-0.2, 0) is 9.47 Å². The molecule has 0 spiro atoms. The lowest BCUT2D eigenvalue weighted by molar-refractivity contribution is -0.0915. The lowest BCUT2D eigenvalue weighted by atomic mass is 9.99. The van der Waals surface area contributed by atoms with Gasteiger partial charge in [-0.3, -0.25) is 0 Å². The van der Waals surface area contributed by atoms with Crippen molar-refractivity contribution >= 4 is 0 Å². The number of hydrogen-bond acceptors (Lipinski definition) is 2. The maximum atomic E-state index is 5.73. The summed E-state index contributed by atoms with van der Waals surface area (Å²) < 4.78 is 11.0. The average molecular weight is 214 g/mol. The summed E-state index contributed by atoms with van der Waals surface area (Å²) in [6.45, 7) is 3.25. The van der Waals surface area contributed by atoms with Crippen molar-refractivity contribution in [1.82, 2.24) is 0 Å². The SMILES string of the molecule is CCOCOC1CCCCCCCCC1. The van der Waals surface area contributed by atoms with E-state index in [9.17, 15) is 0 Å². The van der Waals surface area contributed by atoms with E-state index in [2.05, 4.69) is 0 Å². The monoisotopic (exact) mass is 214 g/mol. The maximum Gasteiger partial charge on any atom is 0.147 e. The summed E-state index contributed by atoms with van der Waals surface area (Å²) in [5, 5.41) is 0. The third kappa shape index (κ3) is 6.91. The lowest BCUT2D eigenvalue weighted by Gasteiger charge is -2.18. The first-order chi connectivity index (χ1) is 7.43. The second-order valence-corrected chi connectivity index (χ2v) is 4.45. The smallest absolute Gasteiger partial charge is 0.147 e. The molecule has 0 N–H and O–H groups in total. The maximum absolute atomic E-state index is 5.73. The third-order valence-corrected chi connectivity index (χ3v) is 3.14. The highest BCUT2D eigenvalue weighted by Gasteiger charge is 2.10. The van der Waals surface area contributed by atoms with Gasteiger partial charge in [0.05, 0.1) is 6.10 Å². The Morgan fingerprint density at radius 1 is 0.867 bits per heavy atom. The molecule has 0 aliphatic heterocycles. The van der Waals surface area contributed by atoms with Gasteiger partial charge in [-0.2, -0.15) is 0 Å². The Morgan fingerprint density at radius 2 is 1.40 bits per heavy atom. The Morgan fingerprint density at radius 3 is 1.93 bits per heavy atom. The van der Waals surface area contributed by atoms with E-state index in [0.717, 1.165) is 6.61 Å². The van der Waals surface area contributed by atoms with Crippen LogP contribution in [0, 0.1) is 0 Å². The van der Waals surface area contributed by atoms with Gasteiger partial charge in [-0.15, -0.1) is 0 Å². The Kier molecular flexibility index (Phi) is 7.94. The molecule has 0 aromatic rings. The second-order valence-electron chi connectivity index (χ2n) is 4.45. The van der Waals surface area contributed by atoms with Crippen LogP contribution in [0.2, 0.25) is 0 Å². The molecule has 0 bridgehead atoms. The first kappa shape index (κ1) is 13.0.